The number of hydrogen-bond acceptors (Lipinski definition) is 5. The number of amides is 1. The van der Waals surface area contributed by atoms with Crippen LogP contribution in [0.1, 0.15) is 23.3 Å². The molecule has 1 aliphatic carbocycles. The number of carbonyl (C=O) groups excluding carboxylic acids is 1. The van der Waals surface area contributed by atoms with E-state index in [2.05, 4.69) is 15.5 Å². The van der Waals surface area contributed by atoms with Gasteiger partial charge in [0.1, 0.15) is 11.9 Å². The van der Waals surface area contributed by atoms with Crippen molar-refractivity contribution in [3.63, 3.8) is 0 Å². The zero-order valence-corrected chi connectivity index (χ0v) is 12.6. The molecular weight excluding hydrogens is 294 g/mol. The third-order valence-corrected chi connectivity index (χ3v) is 4.05. The lowest BCUT2D eigenvalue weighted by Gasteiger charge is -2.21. The molecule has 1 aromatic carbocycles. The molecule has 0 spiro atoms. The van der Waals surface area contributed by atoms with Crippen molar-refractivity contribution in [3.8, 4) is 5.75 Å². The average molecular weight is 313 g/mol. The molecule has 3 atom stereocenters. The Labute approximate surface area is 134 Å². The van der Waals surface area contributed by atoms with E-state index in [-0.39, 0.29) is 23.6 Å². The molecule has 0 unspecified atom stereocenters. The number of hydrogen-bond donors (Lipinski definition) is 2. The first kappa shape index (κ1) is 15.4. The van der Waals surface area contributed by atoms with Gasteiger partial charge in [-0.25, -0.2) is 0 Å². The Morgan fingerprint density at radius 2 is 2.04 bits per heavy atom. The van der Waals surface area contributed by atoms with Crippen molar-refractivity contribution in [2.24, 2.45) is 5.92 Å². The predicted molar refractivity (Wildman–Crippen MR) is 84.0 cm³/mol. The zero-order chi connectivity index (χ0) is 16.1. The lowest BCUT2D eigenvalue weighted by atomic mass is 10.1. The summed E-state index contributed by atoms with van der Waals surface area (Å²) in [5.74, 6) is 0.447. The smallest absolute Gasteiger partial charge is 0.271 e. The second-order valence-corrected chi connectivity index (χ2v) is 5.62. The van der Waals surface area contributed by atoms with E-state index >= 15 is 0 Å². The van der Waals surface area contributed by atoms with Crippen LogP contribution < -0.4 is 10.1 Å². The van der Waals surface area contributed by atoms with E-state index in [4.69, 9.17) is 4.74 Å². The molecular formula is C17H19N3O3. The second kappa shape index (κ2) is 7.19. The van der Waals surface area contributed by atoms with Crippen LogP contribution in [0.25, 0.3) is 0 Å². The average Bonchev–Trinajstić information content (AvgIpc) is 2.94. The molecule has 1 saturated carbocycles. The summed E-state index contributed by atoms with van der Waals surface area (Å²) < 4.78 is 5.82. The summed E-state index contributed by atoms with van der Waals surface area (Å²) in [5, 5.41) is 20.6. The summed E-state index contributed by atoms with van der Waals surface area (Å²) in [5.41, 5.74) is 0.275. The van der Waals surface area contributed by atoms with Gasteiger partial charge < -0.3 is 15.2 Å². The van der Waals surface area contributed by atoms with E-state index in [0.29, 0.717) is 6.54 Å². The van der Waals surface area contributed by atoms with Gasteiger partial charge in [-0.05, 0) is 37.1 Å². The Bertz CT molecular complexity index is 636. The predicted octanol–water partition coefficient (Wildman–Crippen LogP) is 1.42. The number of benzene rings is 1. The van der Waals surface area contributed by atoms with Gasteiger partial charge in [-0.2, -0.15) is 5.10 Å². The standard InChI is InChI=1S/C17H19N3O3/c21-16-12(11-18-17(22)14-7-4-10-19-20-14)8-9-15(16)23-13-5-2-1-3-6-13/h1-7,10,12,15-16,21H,8-9,11H2,(H,18,22)/t12-,15-,16-/m1/s1. The lowest BCUT2D eigenvalue weighted by molar-refractivity contribution is 0.0348. The number of nitrogens with one attached hydrogen (secondary N) is 1. The maximum atomic E-state index is 12.0. The maximum absolute atomic E-state index is 12.0. The number of carbonyl (C=O) groups is 1. The highest BCUT2D eigenvalue weighted by atomic mass is 16.5. The largest absolute Gasteiger partial charge is 0.488 e. The molecule has 0 radical (unpaired) electrons. The molecule has 0 bridgehead atoms. The van der Waals surface area contributed by atoms with E-state index in [1.807, 2.05) is 30.3 Å². The Hall–Kier alpha value is -2.47. The van der Waals surface area contributed by atoms with E-state index in [1.54, 1.807) is 12.1 Å². The highest BCUT2D eigenvalue weighted by Gasteiger charge is 2.36. The molecule has 2 aromatic rings. The number of aromatic nitrogens is 2. The van der Waals surface area contributed by atoms with Gasteiger partial charge in [0.15, 0.2) is 5.69 Å². The van der Waals surface area contributed by atoms with Crippen LogP contribution in [-0.4, -0.2) is 40.0 Å². The Morgan fingerprint density at radius 3 is 2.78 bits per heavy atom. The van der Waals surface area contributed by atoms with Crippen LogP contribution in [0.3, 0.4) is 0 Å². The summed E-state index contributed by atoms with van der Waals surface area (Å²) in [6.45, 7) is 0.394. The second-order valence-electron chi connectivity index (χ2n) is 5.62. The Balaban J connectivity index is 1.51. The summed E-state index contributed by atoms with van der Waals surface area (Å²) >= 11 is 0. The van der Waals surface area contributed by atoms with Crippen LogP contribution in [0.2, 0.25) is 0 Å². The van der Waals surface area contributed by atoms with E-state index in [1.165, 1.54) is 6.20 Å². The normalized spacial score (nSPS) is 23.4. The maximum Gasteiger partial charge on any atom is 0.271 e. The van der Waals surface area contributed by atoms with Crippen molar-refractivity contribution in [1.29, 1.82) is 0 Å². The van der Waals surface area contributed by atoms with Crippen LogP contribution in [-0.2, 0) is 0 Å². The van der Waals surface area contributed by atoms with Crippen molar-refractivity contribution in [2.75, 3.05) is 6.54 Å². The van der Waals surface area contributed by atoms with Crippen LogP contribution >= 0.6 is 0 Å². The summed E-state index contributed by atoms with van der Waals surface area (Å²) in [7, 11) is 0. The lowest BCUT2D eigenvalue weighted by Crippen LogP contribution is -2.37. The van der Waals surface area contributed by atoms with Crippen LogP contribution in [0.15, 0.2) is 48.7 Å². The van der Waals surface area contributed by atoms with Crippen molar-refractivity contribution in [2.45, 2.75) is 25.0 Å². The molecule has 6 heteroatoms. The Morgan fingerprint density at radius 1 is 1.22 bits per heavy atom. The van der Waals surface area contributed by atoms with Gasteiger partial charge in [-0.15, -0.1) is 5.10 Å². The minimum atomic E-state index is -0.600. The molecule has 6 nitrogen and oxygen atoms in total. The molecule has 0 saturated heterocycles. The molecule has 1 amide bonds. The van der Waals surface area contributed by atoms with Gasteiger partial charge in [-0.1, -0.05) is 18.2 Å². The molecule has 120 valence electrons. The number of aliphatic hydroxyl groups excluding tert-OH is 1. The van der Waals surface area contributed by atoms with Gasteiger partial charge in [-0.3, -0.25) is 4.79 Å². The first-order valence-electron chi connectivity index (χ1n) is 7.69. The molecule has 1 aromatic heterocycles. The third kappa shape index (κ3) is 3.84. The van der Waals surface area contributed by atoms with Gasteiger partial charge in [0.2, 0.25) is 0 Å². The number of ether oxygens (including phenoxy) is 1. The monoisotopic (exact) mass is 313 g/mol. The van der Waals surface area contributed by atoms with Gasteiger partial charge in [0, 0.05) is 18.7 Å². The van der Waals surface area contributed by atoms with Crippen molar-refractivity contribution >= 4 is 5.91 Å². The quantitative estimate of drug-likeness (QED) is 0.872. The number of nitrogens with zero attached hydrogens (tertiary/aromatic N) is 2. The SMILES string of the molecule is O=C(NC[C@H]1CC[C@@H](Oc2ccccc2)[C@@H]1O)c1cccnn1. The van der Waals surface area contributed by atoms with E-state index < -0.39 is 6.10 Å². The van der Waals surface area contributed by atoms with Gasteiger partial charge in [0.05, 0.1) is 6.10 Å². The zero-order valence-electron chi connectivity index (χ0n) is 12.6. The van der Waals surface area contributed by atoms with Gasteiger partial charge in [0.25, 0.3) is 5.91 Å². The molecule has 0 aliphatic heterocycles. The highest BCUT2D eigenvalue weighted by molar-refractivity contribution is 5.91. The van der Waals surface area contributed by atoms with Gasteiger partial charge >= 0.3 is 0 Å². The fourth-order valence-electron chi connectivity index (χ4n) is 2.79. The molecule has 3 rings (SSSR count). The molecule has 1 fully saturated rings. The first-order valence-corrected chi connectivity index (χ1v) is 7.69. The summed E-state index contributed by atoms with van der Waals surface area (Å²) in [6, 6.07) is 12.7. The van der Waals surface area contributed by atoms with Crippen molar-refractivity contribution in [3.05, 3.63) is 54.4 Å². The molecule has 23 heavy (non-hydrogen) atoms. The van der Waals surface area contributed by atoms with E-state index in [9.17, 15) is 9.90 Å². The minimum Gasteiger partial charge on any atom is -0.488 e. The van der Waals surface area contributed by atoms with Crippen LogP contribution in [0.5, 0.6) is 5.75 Å². The number of rotatable bonds is 5. The summed E-state index contributed by atoms with van der Waals surface area (Å²) in [4.78, 5) is 12.0. The molecule has 1 aliphatic rings. The molecule has 1 heterocycles. The third-order valence-electron chi connectivity index (χ3n) is 4.05. The fourth-order valence-corrected chi connectivity index (χ4v) is 2.79. The summed E-state index contributed by atoms with van der Waals surface area (Å²) in [6.07, 6.45) is 2.25. The van der Waals surface area contributed by atoms with Crippen molar-refractivity contribution < 1.29 is 14.6 Å². The van der Waals surface area contributed by atoms with Crippen LogP contribution in [0, 0.1) is 5.92 Å². The minimum absolute atomic E-state index is 0.0238. The fraction of sp³-hybridized carbons (Fsp3) is 0.353. The number of aliphatic hydroxyl groups is 1. The molecule has 2 N–H and O–H groups in total. The van der Waals surface area contributed by atoms with Crippen LogP contribution in [0.4, 0.5) is 0 Å². The number of para-hydroxylation sites is 1. The Kier molecular flexibility index (Phi) is 4.83. The van der Waals surface area contributed by atoms with Crippen molar-refractivity contribution in [1.82, 2.24) is 15.5 Å². The first-order chi connectivity index (χ1) is 11.2. The topological polar surface area (TPSA) is 84.3 Å². The highest BCUT2D eigenvalue weighted by Crippen LogP contribution is 2.29. The van der Waals surface area contributed by atoms with E-state index in [0.717, 1.165) is 18.6 Å².